The van der Waals surface area contributed by atoms with E-state index < -0.39 is 0 Å². The van der Waals surface area contributed by atoms with Crippen molar-refractivity contribution in [2.24, 2.45) is 0 Å². The summed E-state index contributed by atoms with van der Waals surface area (Å²) in [7, 11) is 0. The minimum atomic E-state index is 0.908. The molecular weight excluding hydrogens is 314 g/mol. The van der Waals surface area contributed by atoms with Crippen LogP contribution in [-0.4, -0.2) is 4.98 Å². The highest BCUT2D eigenvalue weighted by Crippen LogP contribution is 2.19. The van der Waals surface area contributed by atoms with Gasteiger partial charge in [0.05, 0.1) is 5.69 Å². The van der Waals surface area contributed by atoms with Gasteiger partial charge in [0.2, 0.25) is 0 Å². The van der Waals surface area contributed by atoms with E-state index >= 15 is 0 Å². The first-order valence-electron chi connectivity index (χ1n) is 9.70. The van der Waals surface area contributed by atoms with Gasteiger partial charge < -0.3 is 0 Å². The molecule has 1 aromatic rings. The lowest BCUT2D eigenvalue weighted by molar-refractivity contribution is 0.794. The van der Waals surface area contributed by atoms with Crippen LogP contribution >= 0.6 is 0 Å². The van der Waals surface area contributed by atoms with E-state index in [4.69, 9.17) is 0 Å². The van der Waals surface area contributed by atoms with Crippen LogP contribution in [0.1, 0.15) is 58.1 Å². The fraction of sp³-hybridized carbons (Fsp3) is 0.320. The van der Waals surface area contributed by atoms with E-state index in [0.29, 0.717) is 0 Å². The summed E-state index contributed by atoms with van der Waals surface area (Å²) in [6, 6.07) is 5.87. The molecule has 0 unspecified atom stereocenters. The zero-order valence-corrected chi connectivity index (χ0v) is 16.5. The Morgan fingerprint density at radius 2 is 1.88 bits per heavy atom. The van der Waals surface area contributed by atoms with Crippen LogP contribution in [0.5, 0.6) is 0 Å². The summed E-state index contributed by atoms with van der Waals surface area (Å²) in [6.07, 6.45) is 23.6. The van der Waals surface area contributed by atoms with Crippen molar-refractivity contribution in [3.05, 3.63) is 96.9 Å². The van der Waals surface area contributed by atoms with E-state index in [1.807, 2.05) is 30.4 Å². The first-order chi connectivity index (χ1) is 12.7. The quantitative estimate of drug-likeness (QED) is 0.280. The van der Waals surface area contributed by atoms with Crippen molar-refractivity contribution in [2.75, 3.05) is 0 Å². The van der Waals surface area contributed by atoms with Crippen LogP contribution in [0.15, 0.2) is 91.2 Å². The van der Waals surface area contributed by atoms with Crippen molar-refractivity contribution in [1.29, 1.82) is 0 Å². The number of allylic oxidation sites excluding steroid dienone is 10. The zero-order chi connectivity index (χ0) is 19.0. The third-order valence-corrected chi connectivity index (χ3v) is 4.12. The minimum Gasteiger partial charge on any atom is -0.256 e. The van der Waals surface area contributed by atoms with E-state index in [-0.39, 0.29) is 0 Å². The van der Waals surface area contributed by atoms with Gasteiger partial charge in [0.1, 0.15) is 0 Å². The fourth-order valence-electron chi connectivity index (χ4n) is 2.51. The molecule has 0 aliphatic heterocycles. The topological polar surface area (TPSA) is 12.9 Å². The third-order valence-electron chi connectivity index (χ3n) is 4.12. The van der Waals surface area contributed by atoms with Crippen LogP contribution in [0.4, 0.5) is 0 Å². The molecule has 0 aliphatic rings. The molecule has 1 rings (SSSR count). The normalized spacial score (nSPS) is 12.8. The molecule has 0 aromatic carbocycles. The predicted molar refractivity (Wildman–Crippen MR) is 117 cm³/mol. The van der Waals surface area contributed by atoms with E-state index in [9.17, 15) is 0 Å². The van der Waals surface area contributed by atoms with Crippen molar-refractivity contribution in [3.63, 3.8) is 0 Å². The summed E-state index contributed by atoms with van der Waals surface area (Å²) in [5.74, 6) is 0. The number of pyridine rings is 1. The van der Waals surface area contributed by atoms with E-state index in [0.717, 1.165) is 24.1 Å². The van der Waals surface area contributed by atoms with Crippen LogP contribution in [0, 0.1) is 0 Å². The summed E-state index contributed by atoms with van der Waals surface area (Å²) in [6.45, 7) is 12.5. The zero-order valence-electron chi connectivity index (χ0n) is 16.5. The van der Waals surface area contributed by atoms with Crippen molar-refractivity contribution < 1.29 is 0 Å². The van der Waals surface area contributed by atoms with Gasteiger partial charge in [-0.1, -0.05) is 94.9 Å². The van der Waals surface area contributed by atoms with Gasteiger partial charge in [-0.15, -0.1) is 0 Å². The van der Waals surface area contributed by atoms with Crippen molar-refractivity contribution in [1.82, 2.24) is 4.98 Å². The molecule has 0 fully saturated rings. The average Bonchev–Trinajstić information content (AvgIpc) is 2.68. The smallest absolute Gasteiger partial charge is 0.0695 e. The molecule has 0 bridgehead atoms. The lowest BCUT2D eigenvalue weighted by atomic mass is 9.98. The highest BCUT2D eigenvalue weighted by molar-refractivity contribution is 5.69. The summed E-state index contributed by atoms with van der Waals surface area (Å²) in [4.78, 5) is 4.33. The molecule has 0 spiro atoms. The molecule has 0 radical (unpaired) electrons. The molecule has 1 heteroatoms. The second-order valence-corrected chi connectivity index (χ2v) is 6.29. The Balaban J connectivity index is 2.88. The second kappa shape index (κ2) is 13.8. The van der Waals surface area contributed by atoms with Crippen LogP contribution < -0.4 is 0 Å². The van der Waals surface area contributed by atoms with Crippen molar-refractivity contribution in [2.45, 2.75) is 52.4 Å². The Labute approximate surface area is 160 Å². The highest BCUT2D eigenvalue weighted by Gasteiger charge is 2.00. The molecule has 1 heterocycles. The first kappa shape index (κ1) is 21.6. The minimum absolute atomic E-state index is 0.908. The highest BCUT2D eigenvalue weighted by atomic mass is 14.7. The molecule has 138 valence electrons. The standard InChI is InChI=1S/C25H33N/c1-5-8-10-11-12-18-23(7-3)24(17-9-6-2)19-15-16-22(4)25-20-13-14-21-26-25/h7,11-16,18-21H,3-6,8-10,17H2,1-2H3/b12-11-,16-15-,23-18+,24-19+. The van der Waals surface area contributed by atoms with Gasteiger partial charge in [-0.2, -0.15) is 0 Å². The maximum atomic E-state index is 4.33. The Kier molecular flexibility index (Phi) is 11.5. The number of hydrogen-bond donors (Lipinski definition) is 0. The SMILES string of the molecule is C=CC(=C\C=C/CCCC)/C(=C/C=C\C(=C)c1ccccn1)CCCC. The summed E-state index contributed by atoms with van der Waals surface area (Å²) >= 11 is 0. The average molecular weight is 348 g/mol. The van der Waals surface area contributed by atoms with Gasteiger partial charge in [-0.25, -0.2) is 0 Å². The second-order valence-electron chi connectivity index (χ2n) is 6.29. The lowest BCUT2D eigenvalue weighted by Gasteiger charge is -2.07. The van der Waals surface area contributed by atoms with Gasteiger partial charge >= 0.3 is 0 Å². The van der Waals surface area contributed by atoms with Crippen molar-refractivity contribution in [3.8, 4) is 0 Å². The van der Waals surface area contributed by atoms with Crippen LogP contribution in [0.25, 0.3) is 5.57 Å². The molecule has 0 aliphatic carbocycles. The number of aromatic nitrogens is 1. The van der Waals surface area contributed by atoms with E-state index in [2.05, 4.69) is 62.4 Å². The molecule has 0 amide bonds. The largest absolute Gasteiger partial charge is 0.256 e. The lowest BCUT2D eigenvalue weighted by Crippen LogP contribution is -1.88. The summed E-state index contributed by atoms with van der Waals surface area (Å²) in [5, 5.41) is 0. The molecular formula is C25H33N. The molecule has 0 N–H and O–H groups in total. The maximum Gasteiger partial charge on any atom is 0.0695 e. The van der Waals surface area contributed by atoms with E-state index in [1.54, 1.807) is 6.20 Å². The third kappa shape index (κ3) is 8.62. The fourth-order valence-corrected chi connectivity index (χ4v) is 2.51. The first-order valence-corrected chi connectivity index (χ1v) is 9.70. The molecule has 1 aromatic heterocycles. The van der Waals surface area contributed by atoms with Crippen LogP contribution in [0.3, 0.4) is 0 Å². The number of rotatable bonds is 12. The summed E-state index contributed by atoms with van der Waals surface area (Å²) < 4.78 is 0. The Bertz CT molecular complexity index is 657. The van der Waals surface area contributed by atoms with Gasteiger partial charge in [0.15, 0.2) is 0 Å². The predicted octanol–water partition coefficient (Wildman–Crippen LogP) is 7.63. The van der Waals surface area contributed by atoms with Gasteiger partial charge in [-0.3, -0.25) is 4.98 Å². The molecule has 0 saturated heterocycles. The number of hydrogen-bond acceptors (Lipinski definition) is 1. The maximum absolute atomic E-state index is 4.33. The number of unbranched alkanes of at least 4 members (excludes halogenated alkanes) is 3. The molecule has 26 heavy (non-hydrogen) atoms. The van der Waals surface area contributed by atoms with Crippen LogP contribution in [-0.2, 0) is 0 Å². The van der Waals surface area contributed by atoms with Gasteiger partial charge in [-0.05, 0) is 48.1 Å². The van der Waals surface area contributed by atoms with Crippen LogP contribution in [0.2, 0.25) is 0 Å². The van der Waals surface area contributed by atoms with Gasteiger partial charge in [0, 0.05) is 6.20 Å². The molecule has 1 nitrogen and oxygen atoms in total. The van der Waals surface area contributed by atoms with Crippen molar-refractivity contribution >= 4 is 5.57 Å². The Morgan fingerprint density at radius 1 is 1.08 bits per heavy atom. The monoisotopic (exact) mass is 347 g/mol. The molecule has 0 saturated carbocycles. The Hall–Kier alpha value is -2.41. The number of nitrogens with zero attached hydrogens (tertiary/aromatic N) is 1. The van der Waals surface area contributed by atoms with E-state index in [1.165, 1.54) is 36.8 Å². The van der Waals surface area contributed by atoms with Gasteiger partial charge in [0.25, 0.3) is 0 Å². The Morgan fingerprint density at radius 3 is 2.54 bits per heavy atom. The molecule has 0 atom stereocenters. The summed E-state index contributed by atoms with van der Waals surface area (Å²) in [5.41, 5.74) is 4.33.